The second kappa shape index (κ2) is 10.7. The number of anilines is 1. The normalized spacial score (nSPS) is 13.7. The zero-order valence-corrected chi connectivity index (χ0v) is 16.7. The van der Waals surface area contributed by atoms with Crippen LogP contribution in [0.25, 0.3) is 0 Å². The van der Waals surface area contributed by atoms with Crippen molar-refractivity contribution in [2.75, 3.05) is 18.5 Å². The summed E-state index contributed by atoms with van der Waals surface area (Å²) in [6.07, 6.45) is 5.25. The summed E-state index contributed by atoms with van der Waals surface area (Å²) in [7, 11) is 0. The molecular weight excluding hydrogens is 372 g/mol. The fourth-order valence-corrected chi connectivity index (χ4v) is 3.56. The monoisotopic (exact) mass is 398 g/mol. The molecule has 1 fully saturated rings. The molecule has 5 nitrogen and oxygen atoms in total. The van der Waals surface area contributed by atoms with Gasteiger partial charge in [-0.05, 0) is 55.2 Å². The van der Waals surface area contributed by atoms with Crippen LogP contribution in [0.5, 0.6) is 11.5 Å². The third-order valence-corrected chi connectivity index (χ3v) is 4.89. The SMILES string of the molecule is O=C(CC1CCCC1)NC(=S)Nc1ccccc1OCCOc1ccccc1. The zero-order chi connectivity index (χ0) is 19.6. The van der Waals surface area contributed by atoms with E-state index < -0.39 is 0 Å². The third-order valence-electron chi connectivity index (χ3n) is 4.69. The highest BCUT2D eigenvalue weighted by Gasteiger charge is 2.19. The number of hydrogen-bond donors (Lipinski definition) is 2. The lowest BCUT2D eigenvalue weighted by Crippen LogP contribution is -2.35. The molecule has 1 amide bonds. The summed E-state index contributed by atoms with van der Waals surface area (Å²) in [4.78, 5) is 12.1. The number of thiocarbonyl (C=S) groups is 1. The maximum absolute atomic E-state index is 12.1. The number of nitrogens with one attached hydrogen (secondary N) is 2. The van der Waals surface area contributed by atoms with Gasteiger partial charge in [-0.25, -0.2) is 0 Å². The van der Waals surface area contributed by atoms with Gasteiger partial charge in [-0.3, -0.25) is 4.79 Å². The molecule has 2 aromatic rings. The smallest absolute Gasteiger partial charge is 0.226 e. The molecular formula is C22H26N2O3S. The number of para-hydroxylation sites is 3. The molecule has 6 heteroatoms. The summed E-state index contributed by atoms with van der Waals surface area (Å²) in [5, 5.41) is 6.12. The lowest BCUT2D eigenvalue weighted by atomic mass is 10.0. The van der Waals surface area contributed by atoms with Gasteiger partial charge in [-0.1, -0.05) is 43.2 Å². The van der Waals surface area contributed by atoms with Gasteiger partial charge in [0, 0.05) is 6.42 Å². The summed E-state index contributed by atoms with van der Waals surface area (Å²) in [5.74, 6) is 1.93. The quantitative estimate of drug-likeness (QED) is 0.505. The van der Waals surface area contributed by atoms with Crippen molar-refractivity contribution in [3.8, 4) is 11.5 Å². The highest BCUT2D eigenvalue weighted by molar-refractivity contribution is 7.80. The van der Waals surface area contributed by atoms with Gasteiger partial charge in [0.25, 0.3) is 0 Å². The number of ether oxygens (including phenoxy) is 2. The number of rotatable bonds is 8. The Morgan fingerprint density at radius 3 is 2.43 bits per heavy atom. The van der Waals surface area contributed by atoms with E-state index in [-0.39, 0.29) is 5.91 Å². The Hall–Kier alpha value is -2.60. The van der Waals surface area contributed by atoms with Gasteiger partial charge in [0.1, 0.15) is 24.7 Å². The van der Waals surface area contributed by atoms with Crippen LogP contribution in [0.1, 0.15) is 32.1 Å². The summed E-state index contributed by atoms with van der Waals surface area (Å²) in [6, 6.07) is 17.1. The van der Waals surface area contributed by atoms with Crippen molar-refractivity contribution in [3.05, 3.63) is 54.6 Å². The Kier molecular flexibility index (Phi) is 7.67. The summed E-state index contributed by atoms with van der Waals surface area (Å²) < 4.78 is 11.4. The predicted molar refractivity (Wildman–Crippen MR) is 115 cm³/mol. The summed E-state index contributed by atoms with van der Waals surface area (Å²) >= 11 is 5.29. The molecule has 0 radical (unpaired) electrons. The summed E-state index contributed by atoms with van der Waals surface area (Å²) in [5.41, 5.74) is 0.716. The minimum Gasteiger partial charge on any atom is -0.490 e. The molecule has 1 aliphatic carbocycles. The lowest BCUT2D eigenvalue weighted by molar-refractivity contribution is -0.120. The Labute approximate surface area is 171 Å². The van der Waals surface area contributed by atoms with Crippen molar-refractivity contribution < 1.29 is 14.3 Å². The molecule has 3 rings (SSSR count). The van der Waals surface area contributed by atoms with E-state index in [1.807, 2.05) is 54.6 Å². The molecule has 1 aliphatic rings. The number of carbonyl (C=O) groups excluding carboxylic acids is 1. The van der Waals surface area contributed by atoms with Gasteiger partial charge in [0.2, 0.25) is 5.91 Å². The van der Waals surface area contributed by atoms with Crippen LogP contribution in [0.3, 0.4) is 0 Å². The van der Waals surface area contributed by atoms with Crippen LogP contribution in [0.15, 0.2) is 54.6 Å². The van der Waals surface area contributed by atoms with Crippen molar-refractivity contribution in [1.29, 1.82) is 0 Å². The molecule has 148 valence electrons. The van der Waals surface area contributed by atoms with Gasteiger partial charge in [0.05, 0.1) is 5.69 Å². The van der Waals surface area contributed by atoms with Gasteiger partial charge < -0.3 is 20.1 Å². The first kappa shape index (κ1) is 20.1. The number of carbonyl (C=O) groups is 1. The topological polar surface area (TPSA) is 59.6 Å². The fraction of sp³-hybridized carbons (Fsp3) is 0.364. The van der Waals surface area contributed by atoms with E-state index in [2.05, 4.69) is 10.6 Å². The average Bonchev–Trinajstić information content (AvgIpc) is 3.20. The van der Waals surface area contributed by atoms with Gasteiger partial charge in [-0.2, -0.15) is 0 Å². The molecule has 28 heavy (non-hydrogen) atoms. The van der Waals surface area contributed by atoms with Crippen LogP contribution in [0, 0.1) is 5.92 Å². The lowest BCUT2D eigenvalue weighted by Gasteiger charge is -2.15. The minimum absolute atomic E-state index is 0.0286. The van der Waals surface area contributed by atoms with Crippen molar-refractivity contribution in [3.63, 3.8) is 0 Å². The fourth-order valence-electron chi connectivity index (χ4n) is 3.33. The molecule has 0 unspecified atom stereocenters. The minimum atomic E-state index is -0.0286. The van der Waals surface area contributed by atoms with Crippen LogP contribution >= 0.6 is 12.2 Å². The first-order valence-electron chi connectivity index (χ1n) is 9.71. The first-order chi connectivity index (χ1) is 13.7. The maximum Gasteiger partial charge on any atom is 0.226 e. The molecule has 2 aromatic carbocycles. The van der Waals surface area contributed by atoms with E-state index in [0.717, 1.165) is 18.6 Å². The van der Waals surface area contributed by atoms with E-state index >= 15 is 0 Å². The van der Waals surface area contributed by atoms with Crippen LogP contribution < -0.4 is 20.1 Å². The van der Waals surface area contributed by atoms with Crippen molar-refractivity contribution in [2.24, 2.45) is 5.92 Å². The van der Waals surface area contributed by atoms with E-state index in [1.54, 1.807) is 0 Å². The predicted octanol–water partition coefficient (Wildman–Crippen LogP) is 4.54. The van der Waals surface area contributed by atoms with E-state index in [9.17, 15) is 4.79 Å². The van der Waals surface area contributed by atoms with E-state index in [1.165, 1.54) is 12.8 Å². The molecule has 0 heterocycles. The van der Waals surface area contributed by atoms with Crippen molar-refractivity contribution >= 4 is 28.9 Å². The number of amides is 1. The Bertz CT molecular complexity index is 776. The highest BCUT2D eigenvalue weighted by atomic mass is 32.1. The van der Waals surface area contributed by atoms with Gasteiger partial charge in [0.15, 0.2) is 5.11 Å². The van der Waals surface area contributed by atoms with Crippen molar-refractivity contribution in [1.82, 2.24) is 5.32 Å². The highest BCUT2D eigenvalue weighted by Crippen LogP contribution is 2.27. The molecule has 1 saturated carbocycles. The average molecular weight is 399 g/mol. The molecule has 2 N–H and O–H groups in total. The Balaban J connectivity index is 1.44. The third kappa shape index (κ3) is 6.53. The molecule has 0 bridgehead atoms. The van der Waals surface area contributed by atoms with Crippen LogP contribution in [-0.4, -0.2) is 24.2 Å². The molecule has 0 atom stereocenters. The summed E-state index contributed by atoms with van der Waals surface area (Å²) in [6.45, 7) is 0.829. The Morgan fingerprint density at radius 1 is 0.964 bits per heavy atom. The Morgan fingerprint density at radius 2 is 1.64 bits per heavy atom. The first-order valence-corrected chi connectivity index (χ1v) is 10.1. The van der Waals surface area contributed by atoms with Crippen LogP contribution in [-0.2, 0) is 4.79 Å². The second-order valence-corrected chi connectivity index (χ2v) is 7.27. The van der Waals surface area contributed by atoms with Gasteiger partial charge in [-0.15, -0.1) is 0 Å². The van der Waals surface area contributed by atoms with E-state index in [0.29, 0.717) is 42.1 Å². The van der Waals surface area contributed by atoms with Gasteiger partial charge >= 0.3 is 0 Å². The maximum atomic E-state index is 12.1. The molecule has 0 saturated heterocycles. The van der Waals surface area contributed by atoms with Crippen molar-refractivity contribution in [2.45, 2.75) is 32.1 Å². The van der Waals surface area contributed by atoms with E-state index in [4.69, 9.17) is 21.7 Å². The zero-order valence-electron chi connectivity index (χ0n) is 15.9. The number of benzene rings is 2. The number of hydrogen-bond acceptors (Lipinski definition) is 4. The largest absolute Gasteiger partial charge is 0.490 e. The molecule has 0 aliphatic heterocycles. The van der Waals surface area contributed by atoms with Crippen LogP contribution in [0.4, 0.5) is 5.69 Å². The van der Waals surface area contributed by atoms with Crippen LogP contribution in [0.2, 0.25) is 0 Å². The second-order valence-electron chi connectivity index (χ2n) is 6.86. The standard InChI is InChI=1S/C22H26N2O3S/c25-21(16-17-8-4-5-9-17)24-22(28)23-19-12-6-7-13-20(19)27-15-14-26-18-10-2-1-3-11-18/h1-3,6-7,10-13,17H,4-5,8-9,14-16H2,(H2,23,24,25,28). The molecule has 0 aromatic heterocycles. The molecule has 0 spiro atoms.